The first kappa shape index (κ1) is 39.4. The van der Waals surface area contributed by atoms with Crippen LogP contribution in [-0.2, 0) is 39.3 Å². The van der Waals surface area contributed by atoms with Crippen LogP contribution in [0.3, 0.4) is 0 Å². The molecule has 6 aromatic carbocycles. The number of carbonyl (C=O) groups excluding carboxylic acids is 4. The summed E-state index contributed by atoms with van der Waals surface area (Å²) in [6, 6.07) is 51.4. The van der Waals surface area contributed by atoms with Gasteiger partial charge in [-0.1, -0.05) is 133 Å². The molecule has 8 nitrogen and oxygen atoms in total. The summed E-state index contributed by atoms with van der Waals surface area (Å²) in [4.78, 5) is 55.8. The molecule has 0 fully saturated rings. The van der Waals surface area contributed by atoms with Gasteiger partial charge < -0.3 is 19.6 Å². The summed E-state index contributed by atoms with van der Waals surface area (Å²) >= 11 is 0. The Morgan fingerprint density at radius 2 is 0.621 bits per heavy atom. The Morgan fingerprint density at radius 1 is 0.345 bits per heavy atom. The van der Waals surface area contributed by atoms with Gasteiger partial charge in [-0.3, -0.25) is 19.2 Å². The molecule has 4 aliphatic rings. The fourth-order valence-electron chi connectivity index (χ4n) is 7.68. The van der Waals surface area contributed by atoms with Gasteiger partial charge in [0.2, 0.25) is 0 Å². The minimum Gasteiger partial charge on any atom is -0.335 e. The molecule has 0 radical (unpaired) electrons. The van der Waals surface area contributed by atoms with Gasteiger partial charge in [0.05, 0.1) is 0 Å². The van der Waals surface area contributed by atoms with E-state index in [1.54, 1.807) is 0 Å². The largest absolute Gasteiger partial charge is 0.335 e. The molecule has 4 heterocycles. The maximum atomic E-state index is 12.6. The molecule has 0 aromatic heterocycles. The summed E-state index contributed by atoms with van der Waals surface area (Å²) in [6.07, 6.45) is 0. The van der Waals surface area contributed by atoms with Crippen molar-refractivity contribution in [3.05, 3.63) is 213 Å². The van der Waals surface area contributed by atoms with Gasteiger partial charge in [-0.2, -0.15) is 0 Å². The second kappa shape index (κ2) is 18.4. The maximum Gasteiger partial charge on any atom is 0.254 e. The first-order chi connectivity index (χ1) is 28.3. The van der Waals surface area contributed by atoms with E-state index in [4.69, 9.17) is 0 Å². The van der Waals surface area contributed by atoms with Crippen LogP contribution < -0.4 is 0 Å². The van der Waals surface area contributed by atoms with Crippen molar-refractivity contribution >= 4 is 23.6 Å². The van der Waals surface area contributed by atoms with Crippen molar-refractivity contribution < 1.29 is 19.2 Å². The van der Waals surface area contributed by atoms with Crippen molar-refractivity contribution in [1.29, 1.82) is 0 Å². The van der Waals surface area contributed by atoms with Gasteiger partial charge in [-0.25, -0.2) is 0 Å². The molecule has 0 unspecified atom stereocenters. The number of amides is 4. The third-order valence-electron chi connectivity index (χ3n) is 10.8. The highest BCUT2D eigenvalue weighted by atomic mass is 16.2. The second-order valence-electron chi connectivity index (χ2n) is 14.6. The Hall–Kier alpha value is -6.80. The number of hydrogen-bond donors (Lipinski definition) is 0. The van der Waals surface area contributed by atoms with Gasteiger partial charge in [0.25, 0.3) is 23.6 Å². The topological polar surface area (TPSA) is 81.2 Å². The van der Waals surface area contributed by atoms with E-state index in [1.165, 1.54) is 0 Å². The van der Waals surface area contributed by atoms with Crippen molar-refractivity contribution in [2.45, 2.75) is 53.1 Å². The monoisotopic (exact) mass is 768 g/mol. The van der Waals surface area contributed by atoms with Crippen LogP contribution >= 0.6 is 0 Å². The Balaban J connectivity index is 0.000000140. The average Bonchev–Trinajstić information content (AvgIpc) is 3.99. The molecule has 0 atom stereocenters. The summed E-state index contributed by atoms with van der Waals surface area (Å²) < 4.78 is 0. The Labute approximate surface area is 341 Å². The van der Waals surface area contributed by atoms with E-state index in [2.05, 4.69) is 6.07 Å². The maximum absolute atomic E-state index is 12.6. The number of benzene rings is 6. The molecule has 292 valence electrons. The summed E-state index contributed by atoms with van der Waals surface area (Å²) in [5.41, 5.74) is 10.0. The number of hydrogen-bond acceptors (Lipinski definition) is 4. The van der Waals surface area contributed by atoms with Crippen molar-refractivity contribution in [3.63, 3.8) is 0 Å². The van der Waals surface area contributed by atoms with Gasteiger partial charge in [0.1, 0.15) is 0 Å². The highest BCUT2D eigenvalue weighted by Crippen LogP contribution is 2.27. The molecule has 0 N–H and O–H groups in total. The third kappa shape index (κ3) is 8.92. The number of fused-ring (bicyclic) bond motifs is 4. The molecule has 8 heteroatoms. The van der Waals surface area contributed by atoms with E-state index in [-0.39, 0.29) is 23.6 Å². The fourth-order valence-corrected chi connectivity index (χ4v) is 7.68. The van der Waals surface area contributed by atoms with Crippen LogP contribution in [0.5, 0.6) is 0 Å². The summed E-state index contributed by atoms with van der Waals surface area (Å²) in [7, 11) is 0. The van der Waals surface area contributed by atoms with Crippen LogP contribution in [0.2, 0.25) is 0 Å². The molecule has 0 spiro atoms. The van der Waals surface area contributed by atoms with Crippen LogP contribution in [0.25, 0.3) is 0 Å². The normalized spacial score (nSPS) is 14.4. The standard InChI is InChI=1S/C24H20N2O2.2C10H11NO.C6H6/c27-23-21-10-3-1-8-19(21)15-25(23)13-17-6-5-7-18(12-17)14-26-16-20-9-2-4-11-22(20)24(26)28;2*1-2-11-7-8-5-3-4-6-9(8)10(11)12;1-2-4-6-5-3-1/h1-12H,13-16H2;2*3-6H,2,7H2,1H3;1-6H. The molecular formula is C50H48N4O4. The van der Waals surface area contributed by atoms with Crippen LogP contribution in [0, 0.1) is 0 Å². The van der Waals surface area contributed by atoms with Crippen molar-refractivity contribution in [1.82, 2.24) is 19.6 Å². The molecule has 0 bridgehead atoms. The average molecular weight is 769 g/mol. The molecule has 4 amide bonds. The van der Waals surface area contributed by atoms with Gasteiger partial charge >= 0.3 is 0 Å². The summed E-state index contributed by atoms with van der Waals surface area (Å²) in [5.74, 6) is 0.526. The molecule has 4 aliphatic heterocycles. The van der Waals surface area contributed by atoms with E-state index >= 15 is 0 Å². The third-order valence-corrected chi connectivity index (χ3v) is 10.8. The summed E-state index contributed by atoms with van der Waals surface area (Å²) in [6.45, 7) is 9.63. The lowest BCUT2D eigenvalue weighted by atomic mass is 10.1. The lowest BCUT2D eigenvalue weighted by Crippen LogP contribution is -2.24. The van der Waals surface area contributed by atoms with E-state index in [0.29, 0.717) is 26.2 Å². The fraction of sp³-hybridized carbons (Fsp3) is 0.200. The number of rotatable bonds is 6. The SMILES string of the molecule is CCN1Cc2ccccc2C1=O.CCN1Cc2ccccc2C1=O.O=C1c2ccccc2CN1Cc1cccc(CN2Cc3ccccc3C2=O)c1.c1ccccc1. The zero-order chi connectivity index (χ0) is 40.4. The zero-order valence-electron chi connectivity index (χ0n) is 33.1. The van der Waals surface area contributed by atoms with Crippen LogP contribution in [0.1, 0.15) is 88.7 Å². The van der Waals surface area contributed by atoms with Crippen molar-refractivity contribution in [3.8, 4) is 0 Å². The Kier molecular flexibility index (Phi) is 12.5. The van der Waals surface area contributed by atoms with Gasteiger partial charge in [-0.15, -0.1) is 0 Å². The first-order valence-electron chi connectivity index (χ1n) is 19.9. The molecule has 0 saturated carbocycles. The first-order valence-corrected chi connectivity index (χ1v) is 19.9. The minimum absolute atomic E-state index is 0.0890. The predicted octanol–water partition coefficient (Wildman–Crippen LogP) is 9.01. The smallest absolute Gasteiger partial charge is 0.254 e. The lowest BCUT2D eigenvalue weighted by molar-refractivity contribution is 0.0762. The van der Waals surface area contributed by atoms with Gasteiger partial charge in [-0.05, 0) is 71.5 Å². The molecule has 0 aliphatic carbocycles. The van der Waals surface area contributed by atoms with E-state index < -0.39 is 0 Å². The lowest BCUT2D eigenvalue weighted by Gasteiger charge is -2.18. The number of nitrogens with zero attached hydrogens (tertiary/aromatic N) is 4. The summed E-state index contributed by atoms with van der Waals surface area (Å²) in [5, 5.41) is 0. The zero-order valence-corrected chi connectivity index (χ0v) is 33.1. The van der Waals surface area contributed by atoms with Crippen molar-refractivity contribution in [2.75, 3.05) is 13.1 Å². The van der Waals surface area contributed by atoms with Gasteiger partial charge in [0.15, 0.2) is 0 Å². The predicted molar refractivity (Wildman–Crippen MR) is 227 cm³/mol. The van der Waals surface area contributed by atoms with Crippen LogP contribution in [-0.4, -0.2) is 56.3 Å². The van der Waals surface area contributed by atoms with E-state index in [9.17, 15) is 19.2 Å². The highest BCUT2D eigenvalue weighted by molar-refractivity contribution is 6.00. The highest BCUT2D eigenvalue weighted by Gasteiger charge is 2.29. The van der Waals surface area contributed by atoms with Gasteiger partial charge in [0, 0.05) is 74.6 Å². The molecule has 10 rings (SSSR count). The second-order valence-corrected chi connectivity index (χ2v) is 14.6. The molecule has 6 aromatic rings. The van der Waals surface area contributed by atoms with Crippen LogP contribution in [0.4, 0.5) is 0 Å². The Morgan fingerprint density at radius 3 is 0.914 bits per heavy atom. The minimum atomic E-state index is 0.0890. The Bertz CT molecular complexity index is 2240. The molecule has 58 heavy (non-hydrogen) atoms. The number of carbonyl (C=O) groups is 4. The quantitative estimate of drug-likeness (QED) is 0.170. The van der Waals surface area contributed by atoms with E-state index in [0.717, 1.165) is 81.8 Å². The van der Waals surface area contributed by atoms with Crippen LogP contribution in [0.15, 0.2) is 158 Å². The van der Waals surface area contributed by atoms with E-state index in [1.807, 2.05) is 185 Å². The van der Waals surface area contributed by atoms with Crippen molar-refractivity contribution in [2.24, 2.45) is 0 Å². The molecule has 0 saturated heterocycles. The molecular weight excluding hydrogens is 721 g/mol.